The SMILES string of the molecule is N#Cc1ccc(NCC(F)F)cc1C(F)(F)F. The zero-order valence-electron chi connectivity index (χ0n) is 8.35. The van der Waals surface area contributed by atoms with Crippen molar-refractivity contribution in [1.82, 2.24) is 0 Å². The molecule has 0 aromatic heterocycles. The van der Waals surface area contributed by atoms with Crippen molar-refractivity contribution in [2.75, 3.05) is 11.9 Å². The number of rotatable bonds is 3. The van der Waals surface area contributed by atoms with E-state index in [1.165, 1.54) is 6.07 Å². The van der Waals surface area contributed by atoms with Gasteiger partial charge in [-0.3, -0.25) is 0 Å². The Bertz CT molecular complexity index is 433. The third-order valence-electron chi connectivity index (χ3n) is 1.91. The lowest BCUT2D eigenvalue weighted by Gasteiger charge is -2.11. The Balaban J connectivity index is 3.02. The van der Waals surface area contributed by atoms with Crippen LogP contribution in [-0.4, -0.2) is 13.0 Å². The quantitative estimate of drug-likeness (QED) is 0.836. The topological polar surface area (TPSA) is 35.8 Å². The van der Waals surface area contributed by atoms with Crippen LogP contribution in [0.4, 0.5) is 27.6 Å². The number of hydrogen-bond donors (Lipinski definition) is 1. The predicted molar refractivity (Wildman–Crippen MR) is 50.7 cm³/mol. The minimum Gasteiger partial charge on any atom is -0.379 e. The minimum absolute atomic E-state index is 0.100. The third kappa shape index (κ3) is 3.59. The second kappa shape index (κ2) is 4.99. The van der Waals surface area contributed by atoms with E-state index in [2.05, 4.69) is 5.32 Å². The average molecular weight is 250 g/mol. The Morgan fingerprint density at radius 2 is 1.94 bits per heavy atom. The summed E-state index contributed by atoms with van der Waals surface area (Å²) < 4.78 is 61.2. The fourth-order valence-corrected chi connectivity index (χ4v) is 1.18. The maximum atomic E-state index is 12.5. The van der Waals surface area contributed by atoms with Gasteiger partial charge in [0.2, 0.25) is 0 Å². The zero-order chi connectivity index (χ0) is 13.1. The molecule has 1 N–H and O–H groups in total. The Morgan fingerprint density at radius 1 is 1.29 bits per heavy atom. The molecule has 1 rings (SSSR count). The molecule has 0 amide bonds. The number of alkyl halides is 5. The van der Waals surface area contributed by atoms with E-state index in [1.54, 1.807) is 0 Å². The summed E-state index contributed by atoms with van der Waals surface area (Å²) in [5, 5.41) is 10.6. The van der Waals surface area contributed by atoms with Crippen molar-refractivity contribution in [1.29, 1.82) is 5.26 Å². The standard InChI is InChI=1S/C10H7F5N2/c11-9(12)5-17-7-2-1-6(4-16)8(3-7)10(13,14)15/h1-3,9,17H,5H2. The molecule has 2 nitrogen and oxygen atoms in total. The van der Waals surface area contributed by atoms with Gasteiger partial charge in [-0.15, -0.1) is 0 Å². The monoisotopic (exact) mass is 250 g/mol. The van der Waals surface area contributed by atoms with Crippen molar-refractivity contribution in [3.05, 3.63) is 29.3 Å². The second-order valence-corrected chi connectivity index (χ2v) is 3.14. The molecule has 0 aliphatic rings. The summed E-state index contributed by atoms with van der Waals surface area (Å²) in [4.78, 5) is 0. The smallest absolute Gasteiger partial charge is 0.379 e. The van der Waals surface area contributed by atoms with Crippen LogP contribution in [0.15, 0.2) is 18.2 Å². The van der Waals surface area contributed by atoms with Gasteiger partial charge in [-0.2, -0.15) is 18.4 Å². The Kier molecular flexibility index (Phi) is 3.89. The van der Waals surface area contributed by atoms with E-state index in [0.717, 1.165) is 12.1 Å². The molecule has 0 heterocycles. The lowest BCUT2D eigenvalue weighted by molar-refractivity contribution is -0.137. The van der Waals surface area contributed by atoms with Gasteiger partial charge in [0.1, 0.15) is 0 Å². The van der Waals surface area contributed by atoms with Crippen LogP contribution in [0, 0.1) is 11.3 Å². The second-order valence-electron chi connectivity index (χ2n) is 3.14. The fourth-order valence-electron chi connectivity index (χ4n) is 1.18. The van der Waals surface area contributed by atoms with Gasteiger partial charge in [-0.25, -0.2) is 8.78 Å². The highest BCUT2D eigenvalue weighted by Crippen LogP contribution is 2.33. The summed E-state index contributed by atoms with van der Waals surface area (Å²) in [5.74, 6) is 0. The van der Waals surface area contributed by atoms with E-state index in [-0.39, 0.29) is 5.69 Å². The molecular weight excluding hydrogens is 243 g/mol. The average Bonchev–Trinajstić information content (AvgIpc) is 2.24. The molecule has 7 heteroatoms. The molecule has 0 aliphatic heterocycles. The van der Waals surface area contributed by atoms with Gasteiger partial charge in [0, 0.05) is 5.69 Å². The molecule has 1 aromatic carbocycles. The lowest BCUT2D eigenvalue weighted by atomic mass is 10.1. The maximum absolute atomic E-state index is 12.5. The molecule has 92 valence electrons. The number of benzene rings is 1. The van der Waals surface area contributed by atoms with E-state index in [9.17, 15) is 22.0 Å². The van der Waals surface area contributed by atoms with Crippen LogP contribution < -0.4 is 5.32 Å². The van der Waals surface area contributed by atoms with Crippen LogP contribution in [-0.2, 0) is 6.18 Å². The summed E-state index contributed by atoms with van der Waals surface area (Å²) in [6.45, 7) is -0.747. The maximum Gasteiger partial charge on any atom is 0.417 e. The molecule has 0 bridgehead atoms. The van der Waals surface area contributed by atoms with Crippen LogP contribution in [0.1, 0.15) is 11.1 Å². The molecule has 17 heavy (non-hydrogen) atoms. The first-order valence-electron chi connectivity index (χ1n) is 4.48. The first-order chi connectivity index (χ1) is 7.84. The highest BCUT2D eigenvalue weighted by molar-refractivity contribution is 5.53. The highest BCUT2D eigenvalue weighted by atomic mass is 19.4. The number of nitriles is 1. The van der Waals surface area contributed by atoms with Crippen LogP contribution in [0.25, 0.3) is 0 Å². The summed E-state index contributed by atoms with van der Waals surface area (Å²) in [7, 11) is 0. The van der Waals surface area contributed by atoms with Crippen molar-refractivity contribution >= 4 is 5.69 Å². The van der Waals surface area contributed by atoms with E-state index >= 15 is 0 Å². The van der Waals surface area contributed by atoms with Crippen molar-refractivity contribution in [3.63, 3.8) is 0 Å². The Hall–Kier alpha value is -1.84. The van der Waals surface area contributed by atoms with Crippen molar-refractivity contribution < 1.29 is 22.0 Å². The number of nitrogens with zero attached hydrogens (tertiary/aromatic N) is 1. The van der Waals surface area contributed by atoms with E-state index in [4.69, 9.17) is 5.26 Å². The minimum atomic E-state index is -4.69. The number of nitrogens with one attached hydrogen (secondary N) is 1. The van der Waals surface area contributed by atoms with Gasteiger partial charge in [-0.05, 0) is 18.2 Å². The molecule has 0 unspecified atom stereocenters. The number of halogens is 5. The Labute approximate surface area is 93.7 Å². The molecule has 0 atom stereocenters. The molecule has 0 saturated heterocycles. The predicted octanol–water partition coefficient (Wildman–Crippen LogP) is 3.25. The molecule has 0 saturated carbocycles. The normalized spacial score (nSPS) is 11.4. The molecule has 0 fully saturated rings. The Morgan fingerprint density at radius 3 is 2.41 bits per heavy atom. The van der Waals surface area contributed by atoms with Crippen LogP contribution >= 0.6 is 0 Å². The zero-order valence-corrected chi connectivity index (χ0v) is 8.35. The van der Waals surface area contributed by atoms with Crippen LogP contribution in [0.2, 0.25) is 0 Å². The summed E-state index contributed by atoms with van der Waals surface area (Å²) in [5.41, 5.74) is -1.78. The van der Waals surface area contributed by atoms with E-state index in [0.29, 0.717) is 6.07 Å². The molecule has 0 spiro atoms. The van der Waals surface area contributed by atoms with Crippen molar-refractivity contribution in [2.45, 2.75) is 12.6 Å². The van der Waals surface area contributed by atoms with Gasteiger partial charge in [0.25, 0.3) is 6.43 Å². The van der Waals surface area contributed by atoms with Gasteiger partial charge in [-0.1, -0.05) is 0 Å². The summed E-state index contributed by atoms with van der Waals surface area (Å²) >= 11 is 0. The summed E-state index contributed by atoms with van der Waals surface area (Å²) in [6.07, 6.45) is -7.35. The van der Waals surface area contributed by atoms with Crippen LogP contribution in [0.5, 0.6) is 0 Å². The van der Waals surface area contributed by atoms with Gasteiger partial charge in [0.05, 0.1) is 23.7 Å². The molecule has 0 radical (unpaired) electrons. The number of hydrogen-bond acceptors (Lipinski definition) is 2. The first-order valence-corrected chi connectivity index (χ1v) is 4.48. The molecule has 0 aliphatic carbocycles. The van der Waals surface area contributed by atoms with Crippen molar-refractivity contribution in [3.8, 4) is 6.07 Å². The highest BCUT2D eigenvalue weighted by Gasteiger charge is 2.33. The largest absolute Gasteiger partial charge is 0.417 e. The van der Waals surface area contributed by atoms with E-state index in [1.807, 2.05) is 0 Å². The van der Waals surface area contributed by atoms with Crippen molar-refractivity contribution in [2.24, 2.45) is 0 Å². The lowest BCUT2D eigenvalue weighted by Crippen LogP contribution is -2.12. The third-order valence-corrected chi connectivity index (χ3v) is 1.91. The molecular formula is C10H7F5N2. The number of anilines is 1. The van der Waals surface area contributed by atoms with Gasteiger partial charge >= 0.3 is 6.18 Å². The van der Waals surface area contributed by atoms with Crippen LogP contribution in [0.3, 0.4) is 0 Å². The van der Waals surface area contributed by atoms with E-state index < -0.39 is 30.3 Å². The summed E-state index contributed by atoms with van der Waals surface area (Å²) in [6, 6.07) is 4.13. The van der Waals surface area contributed by atoms with Gasteiger partial charge in [0.15, 0.2) is 0 Å². The van der Waals surface area contributed by atoms with Gasteiger partial charge < -0.3 is 5.32 Å². The fraction of sp³-hybridized carbons (Fsp3) is 0.300. The molecule has 1 aromatic rings. The first kappa shape index (κ1) is 13.2.